The fourth-order valence-electron chi connectivity index (χ4n) is 3.73. The monoisotopic (exact) mass is 336 g/mol. The van der Waals surface area contributed by atoms with E-state index in [0.717, 1.165) is 32.2 Å². The van der Waals surface area contributed by atoms with Crippen molar-refractivity contribution >= 4 is 15.9 Å². The van der Waals surface area contributed by atoms with Gasteiger partial charge in [-0.25, -0.2) is 12.7 Å². The Morgan fingerprint density at radius 2 is 1.78 bits per heavy atom. The van der Waals surface area contributed by atoms with Gasteiger partial charge in [-0.2, -0.15) is 0 Å². The third-order valence-electron chi connectivity index (χ3n) is 4.92. The third kappa shape index (κ3) is 3.58. The molecular formula is C17H24N2O3S. The molecule has 2 atom stereocenters. The summed E-state index contributed by atoms with van der Waals surface area (Å²) in [6, 6.07) is 10.3. The molecule has 126 valence electrons. The summed E-state index contributed by atoms with van der Waals surface area (Å²) < 4.78 is 25.0. The molecule has 2 aliphatic rings. The average Bonchev–Trinajstić information content (AvgIpc) is 3.04. The maximum absolute atomic E-state index is 13.0. The van der Waals surface area contributed by atoms with E-state index in [-0.39, 0.29) is 17.9 Å². The highest BCUT2D eigenvalue weighted by atomic mass is 32.2. The zero-order valence-corrected chi connectivity index (χ0v) is 14.3. The van der Waals surface area contributed by atoms with Crippen molar-refractivity contribution in [1.82, 2.24) is 9.21 Å². The van der Waals surface area contributed by atoms with Crippen LogP contribution in [0.15, 0.2) is 30.3 Å². The summed E-state index contributed by atoms with van der Waals surface area (Å²) in [6.45, 7) is 1.63. The van der Waals surface area contributed by atoms with E-state index in [1.807, 2.05) is 23.1 Å². The first-order valence-corrected chi connectivity index (χ1v) is 10.1. The van der Waals surface area contributed by atoms with Crippen molar-refractivity contribution in [2.75, 3.05) is 25.9 Å². The Morgan fingerprint density at radius 1 is 1.09 bits per heavy atom. The van der Waals surface area contributed by atoms with Crippen molar-refractivity contribution in [3.8, 4) is 0 Å². The van der Waals surface area contributed by atoms with Gasteiger partial charge in [-0.1, -0.05) is 30.3 Å². The van der Waals surface area contributed by atoms with Crippen molar-refractivity contribution in [3.05, 3.63) is 35.9 Å². The lowest BCUT2D eigenvalue weighted by molar-refractivity contribution is -0.137. The quantitative estimate of drug-likeness (QED) is 0.848. The van der Waals surface area contributed by atoms with Crippen LogP contribution in [0.5, 0.6) is 0 Å². The first-order chi connectivity index (χ1) is 11.0. The Labute approximate surface area is 138 Å². The molecule has 0 spiro atoms. The van der Waals surface area contributed by atoms with Gasteiger partial charge >= 0.3 is 0 Å². The standard InChI is InChI=1S/C17H24N2O3S/c1-23(21,22)18-11-5-9-15(13-18)17(20)19-12-6-10-16(19)14-7-3-2-4-8-14/h2-4,7-8,15-16H,5-6,9-13H2,1H3. The van der Waals surface area contributed by atoms with E-state index in [2.05, 4.69) is 12.1 Å². The molecule has 6 heteroatoms. The topological polar surface area (TPSA) is 57.7 Å². The minimum absolute atomic E-state index is 0.115. The SMILES string of the molecule is CS(=O)(=O)N1CCCC(C(=O)N2CCCC2c2ccccc2)C1. The maximum atomic E-state index is 13.0. The van der Waals surface area contributed by atoms with Gasteiger partial charge in [0.2, 0.25) is 15.9 Å². The smallest absolute Gasteiger partial charge is 0.227 e. The molecule has 0 N–H and O–H groups in total. The molecule has 1 aromatic rings. The molecule has 1 amide bonds. The minimum atomic E-state index is -3.22. The van der Waals surface area contributed by atoms with Crippen molar-refractivity contribution < 1.29 is 13.2 Å². The molecule has 0 bridgehead atoms. The lowest BCUT2D eigenvalue weighted by atomic mass is 9.96. The van der Waals surface area contributed by atoms with Crippen LogP contribution < -0.4 is 0 Å². The van der Waals surface area contributed by atoms with Gasteiger partial charge in [0.05, 0.1) is 18.2 Å². The van der Waals surface area contributed by atoms with E-state index in [9.17, 15) is 13.2 Å². The molecule has 5 nitrogen and oxygen atoms in total. The Bertz CT molecular complexity index is 660. The Hall–Kier alpha value is -1.40. The van der Waals surface area contributed by atoms with E-state index in [1.165, 1.54) is 16.1 Å². The van der Waals surface area contributed by atoms with Crippen LogP contribution in [0, 0.1) is 5.92 Å². The first-order valence-electron chi connectivity index (χ1n) is 8.27. The van der Waals surface area contributed by atoms with Crippen molar-refractivity contribution in [2.24, 2.45) is 5.92 Å². The van der Waals surface area contributed by atoms with Crippen LogP contribution in [0.4, 0.5) is 0 Å². The number of likely N-dealkylation sites (tertiary alicyclic amines) is 1. The normalized spacial score (nSPS) is 26.4. The lowest BCUT2D eigenvalue weighted by Crippen LogP contribution is -2.46. The van der Waals surface area contributed by atoms with Crippen LogP contribution in [0.25, 0.3) is 0 Å². The van der Waals surface area contributed by atoms with Crippen LogP contribution in [0.2, 0.25) is 0 Å². The number of carbonyl (C=O) groups excluding carboxylic acids is 1. The van der Waals surface area contributed by atoms with Crippen molar-refractivity contribution in [3.63, 3.8) is 0 Å². The average molecular weight is 336 g/mol. The van der Waals surface area contributed by atoms with Gasteiger partial charge in [-0.3, -0.25) is 4.79 Å². The molecule has 3 rings (SSSR count). The highest BCUT2D eigenvalue weighted by molar-refractivity contribution is 7.88. The first kappa shape index (κ1) is 16.5. The fraction of sp³-hybridized carbons (Fsp3) is 0.588. The summed E-state index contributed by atoms with van der Waals surface area (Å²) in [5, 5.41) is 0. The summed E-state index contributed by atoms with van der Waals surface area (Å²) in [5.74, 6) is -0.0903. The van der Waals surface area contributed by atoms with Gasteiger partial charge in [0, 0.05) is 19.6 Å². The zero-order valence-electron chi connectivity index (χ0n) is 13.5. The van der Waals surface area contributed by atoms with Crippen LogP contribution >= 0.6 is 0 Å². The van der Waals surface area contributed by atoms with Crippen LogP contribution in [-0.4, -0.2) is 49.4 Å². The van der Waals surface area contributed by atoms with Crippen LogP contribution in [-0.2, 0) is 14.8 Å². The van der Waals surface area contributed by atoms with E-state index >= 15 is 0 Å². The summed E-state index contributed by atoms with van der Waals surface area (Å²) >= 11 is 0. The second kappa shape index (κ2) is 6.61. The number of sulfonamides is 1. The van der Waals surface area contributed by atoms with E-state index in [0.29, 0.717) is 13.1 Å². The van der Waals surface area contributed by atoms with Gasteiger partial charge in [-0.15, -0.1) is 0 Å². The molecule has 1 aromatic carbocycles. The number of hydrogen-bond donors (Lipinski definition) is 0. The van der Waals surface area contributed by atoms with E-state index in [1.54, 1.807) is 0 Å². The highest BCUT2D eigenvalue weighted by Gasteiger charge is 2.37. The predicted molar refractivity (Wildman–Crippen MR) is 89.3 cm³/mol. The molecule has 2 heterocycles. The highest BCUT2D eigenvalue weighted by Crippen LogP contribution is 2.34. The molecule has 2 saturated heterocycles. The summed E-state index contributed by atoms with van der Waals surface area (Å²) in [5.41, 5.74) is 1.18. The fourth-order valence-corrected chi connectivity index (χ4v) is 4.64. The molecule has 2 aliphatic heterocycles. The Morgan fingerprint density at radius 3 is 2.48 bits per heavy atom. The number of hydrogen-bond acceptors (Lipinski definition) is 3. The summed E-state index contributed by atoms with van der Waals surface area (Å²) in [4.78, 5) is 14.9. The molecule has 0 radical (unpaired) electrons. The number of piperidine rings is 1. The van der Waals surface area contributed by atoms with E-state index < -0.39 is 10.0 Å². The Balaban J connectivity index is 1.74. The number of carbonyl (C=O) groups is 1. The predicted octanol–water partition coefficient (Wildman–Crippen LogP) is 2.02. The lowest BCUT2D eigenvalue weighted by Gasteiger charge is -2.34. The largest absolute Gasteiger partial charge is 0.335 e. The second-order valence-corrected chi connectivity index (χ2v) is 8.54. The number of nitrogens with zero attached hydrogens (tertiary/aromatic N) is 2. The molecule has 0 aliphatic carbocycles. The second-order valence-electron chi connectivity index (χ2n) is 6.56. The summed E-state index contributed by atoms with van der Waals surface area (Å²) in [6.07, 6.45) is 4.75. The van der Waals surface area contributed by atoms with Gasteiger partial charge < -0.3 is 4.90 Å². The molecule has 0 aromatic heterocycles. The van der Waals surface area contributed by atoms with Gasteiger partial charge in [0.25, 0.3) is 0 Å². The van der Waals surface area contributed by atoms with Crippen LogP contribution in [0.1, 0.15) is 37.3 Å². The number of rotatable bonds is 3. The minimum Gasteiger partial charge on any atom is -0.335 e. The zero-order chi connectivity index (χ0) is 16.4. The molecule has 2 unspecified atom stereocenters. The number of benzene rings is 1. The molecular weight excluding hydrogens is 312 g/mol. The molecule has 0 saturated carbocycles. The molecule has 23 heavy (non-hydrogen) atoms. The maximum Gasteiger partial charge on any atom is 0.227 e. The molecule has 2 fully saturated rings. The summed E-state index contributed by atoms with van der Waals surface area (Å²) in [7, 11) is -3.22. The van der Waals surface area contributed by atoms with Gasteiger partial charge in [0.15, 0.2) is 0 Å². The van der Waals surface area contributed by atoms with Crippen molar-refractivity contribution in [1.29, 1.82) is 0 Å². The number of amides is 1. The Kier molecular flexibility index (Phi) is 4.73. The van der Waals surface area contributed by atoms with Crippen LogP contribution in [0.3, 0.4) is 0 Å². The van der Waals surface area contributed by atoms with Gasteiger partial charge in [-0.05, 0) is 31.2 Å². The van der Waals surface area contributed by atoms with E-state index in [4.69, 9.17) is 0 Å². The third-order valence-corrected chi connectivity index (χ3v) is 6.19. The van der Waals surface area contributed by atoms with Gasteiger partial charge in [0.1, 0.15) is 0 Å². The van der Waals surface area contributed by atoms with Crippen molar-refractivity contribution in [2.45, 2.75) is 31.7 Å².